The highest BCUT2D eigenvalue weighted by atomic mass is 15.0. The lowest BCUT2D eigenvalue weighted by atomic mass is 9.94. The second-order valence-corrected chi connectivity index (χ2v) is 8.55. The molecule has 38 heavy (non-hydrogen) atoms. The van der Waals surface area contributed by atoms with Gasteiger partial charge in [0.25, 0.3) is 0 Å². The molecule has 0 saturated carbocycles. The number of nitrogens with zero attached hydrogens (tertiary/aromatic N) is 1. The van der Waals surface area contributed by atoms with Crippen LogP contribution in [0.5, 0.6) is 0 Å². The third-order valence-electron chi connectivity index (χ3n) is 6.36. The highest BCUT2D eigenvalue weighted by Crippen LogP contribution is 2.43. The van der Waals surface area contributed by atoms with Crippen molar-refractivity contribution in [2.24, 2.45) is 0 Å². The number of nitrogens with two attached hydrogens (primary N) is 1. The molecule has 0 radical (unpaired) electrons. The molecule has 0 amide bonds. The van der Waals surface area contributed by atoms with Crippen molar-refractivity contribution in [2.75, 3.05) is 5.73 Å². The average Bonchev–Trinajstić information content (AvgIpc) is 3.46. The smallest absolute Gasteiger partial charge is 0.0629 e. The van der Waals surface area contributed by atoms with Crippen LogP contribution in [0.15, 0.2) is 145 Å². The molecule has 2 heteroatoms. The molecular formula is C36H26N2. The van der Waals surface area contributed by atoms with Crippen molar-refractivity contribution in [3.05, 3.63) is 145 Å². The number of hydrogen-bond acceptors (Lipinski definition) is 1. The van der Waals surface area contributed by atoms with Gasteiger partial charge in [-0.25, -0.2) is 0 Å². The Morgan fingerprint density at radius 3 is 1.63 bits per heavy atom. The summed E-state index contributed by atoms with van der Waals surface area (Å²) in [5.74, 6) is 0. The molecule has 0 fully saturated rings. The summed E-state index contributed by atoms with van der Waals surface area (Å²) >= 11 is 0. The van der Waals surface area contributed by atoms with Crippen LogP contribution in [0, 0.1) is 0 Å². The van der Waals surface area contributed by atoms with Gasteiger partial charge in [-0.3, -0.25) is 0 Å². The van der Waals surface area contributed by atoms with E-state index in [4.69, 9.17) is 26.3 Å². The molecule has 2 N–H and O–H groups in total. The first-order valence-corrected chi connectivity index (χ1v) is 11.7. The summed E-state index contributed by atoms with van der Waals surface area (Å²) in [6, 6.07) is 6.40. The van der Waals surface area contributed by atoms with Gasteiger partial charge in [0, 0.05) is 27.6 Å². The molecule has 0 unspecified atom stereocenters. The number of para-hydroxylation sites is 1. The van der Waals surface area contributed by atoms with Crippen molar-refractivity contribution in [1.29, 1.82) is 0 Å². The van der Waals surface area contributed by atoms with E-state index < -0.39 is 90.6 Å². The molecule has 0 aliphatic rings. The first-order valence-electron chi connectivity index (χ1n) is 19.2. The average molecular weight is 502 g/mol. The lowest BCUT2D eigenvalue weighted by molar-refractivity contribution is 1.18. The maximum Gasteiger partial charge on any atom is 0.0629 e. The van der Waals surface area contributed by atoms with Gasteiger partial charge in [-0.15, -0.1) is 0 Å². The molecule has 7 aromatic rings. The maximum absolute atomic E-state index is 8.90. The van der Waals surface area contributed by atoms with Crippen molar-refractivity contribution >= 4 is 27.5 Å². The third kappa shape index (κ3) is 3.66. The predicted molar refractivity (Wildman–Crippen MR) is 162 cm³/mol. The Morgan fingerprint density at radius 1 is 0.500 bits per heavy atom. The fraction of sp³-hybridized carbons (Fsp3) is 0. The number of aromatic nitrogens is 1. The van der Waals surface area contributed by atoms with Gasteiger partial charge in [0.2, 0.25) is 0 Å². The minimum Gasteiger partial charge on any atom is -0.399 e. The fourth-order valence-corrected chi connectivity index (χ4v) is 4.81. The first-order chi connectivity index (χ1) is 25.0. The van der Waals surface area contributed by atoms with E-state index in [0.717, 1.165) is 0 Å². The minimum absolute atomic E-state index is 0.0150. The molecule has 6 aromatic carbocycles. The molecule has 1 aromatic heterocycles. The summed E-state index contributed by atoms with van der Waals surface area (Å²) < 4.78 is 129. The molecule has 2 nitrogen and oxygen atoms in total. The zero-order chi connectivity index (χ0) is 38.5. The number of hydrogen-bond donors (Lipinski definition) is 1. The highest BCUT2D eigenvalue weighted by molar-refractivity contribution is 6.11. The molecule has 180 valence electrons. The highest BCUT2D eigenvalue weighted by Gasteiger charge is 2.20. The van der Waals surface area contributed by atoms with Crippen LogP contribution < -0.4 is 5.73 Å². The van der Waals surface area contributed by atoms with E-state index in [9.17, 15) is 0 Å². The Kier molecular flexibility index (Phi) is 2.76. The van der Waals surface area contributed by atoms with E-state index in [0.29, 0.717) is 27.4 Å². The summed E-state index contributed by atoms with van der Waals surface area (Å²) in [7, 11) is 0. The quantitative estimate of drug-likeness (QED) is 0.239. The zero-order valence-corrected chi connectivity index (χ0v) is 19.7. The van der Waals surface area contributed by atoms with Crippen LogP contribution in [0.25, 0.3) is 60.9 Å². The van der Waals surface area contributed by atoms with Crippen molar-refractivity contribution in [3.63, 3.8) is 0 Å². The predicted octanol–water partition coefficient (Wildman–Crippen LogP) is 9.37. The second-order valence-electron chi connectivity index (χ2n) is 8.55. The normalized spacial score (nSPS) is 16.8. The molecule has 0 spiro atoms. The third-order valence-corrected chi connectivity index (χ3v) is 6.36. The molecule has 7 rings (SSSR count). The number of rotatable bonds is 4. The van der Waals surface area contributed by atoms with Crippen molar-refractivity contribution in [2.45, 2.75) is 0 Å². The molecule has 0 saturated heterocycles. The van der Waals surface area contributed by atoms with E-state index in [2.05, 4.69) is 0 Å². The lowest BCUT2D eigenvalue weighted by Crippen LogP contribution is -2.02. The second kappa shape index (κ2) is 9.10. The van der Waals surface area contributed by atoms with Gasteiger partial charge in [-0.05, 0) is 52.6 Å². The number of benzene rings is 6. The van der Waals surface area contributed by atoms with Gasteiger partial charge < -0.3 is 10.3 Å². The Bertz CT molecular complexity index is 2580. The molecule has 0 bridgehead atoms. The maximum atomic E-state index is 8.90. The SMILES string of the molecule is [2H]c1c([2H])c([2H])c(-c2ccc3c(c2)c2ccccc2n3-c2c(-c3c([2H])c([2H])c([2H])c([2H])c3[2H])cc(N)cc2-c2c([2H])c([2H])c([2H])c([2H])c2[2H])c([2H])c1[2H]. The van der Waals surface area contributed by atoms with Crippen molar-refractivity contribution in [3.8, 4) is 39.1 Å². The fourth-order valence-electron chi connectivity index (χ4n) is 4.81. The summed E-state index contributed by atoms with van der Waals surface area (Å²) in [5.41, 5.74) is 7.32. The van der Waals surface area contributed by atoms with Crippen molar-refractivity contribution in [1.82, 2.24) is 4.57 Å². The topological polar surface area (TPSA) is 30.9 Å². The first kappa shape index (κ1) is 11.5. The summed E-state index contributed by atoms with van der Waals surface area (Å²) in [4.78, 5) is 0. The molecule has 1 heterocycles. The van der Waals surface area contributed by atoms with Crippen LogP contribution in [0.2, 0.25) is 0 Å². The van der Waals surface area contributed by atoms with Crippen LogP contribution in [-0.2, 0) is 0 Å². The largest absolute Gasteiger partial charge is 0.399 e. The molecule has 0 aliphatic carbocycles. The van der Waals surface area contributed by atoms with Gasteiger partial charge in [-0.1, -0.05) is 115 Å². The van der Waals surface area contributed by atoms with Crippen LogP contribution in [0.3, 0.4) is 0 Å². The van der Waals surface area contributed by atoms with Gasteiger partial charge in [0.05, 0.1) is 37.3 Å². The summed E-state index contributed by atoms with van der Waals surface area (Å²) in [5, 5.41) is 1.13. The van der Waals surface area contributed by atoms with E-state index in [1.165, 1.54) is 12.1 Å². The van der Waals surface area contributed by atoms with Crippen LogP contribution in [0.1, 0.15) is 20.6 Å². The van der Waals surface area contributed by atoms with Gasteiger partial charge >= 0.3 is 0 Å². The number of fused-ring (bicyclic) bond motifs is 3. The summed E-state index contributed by atoms with van der Waals surface area (Å²) in [6.45, 7) is 0. The Morgan fingerprint density at radius 2 is 1.03 bits per heavy atom. The van der Waals surface area contributed by atoms with Gasteiger partial charge in [0.1, 0.15) is 0 Å². The number of anilines is 1. The molecular weight excluding hydrogens is 460 g/mol. The Balaban J connectivity index is 1.71. The van der Waals surface area contributed by atoms with Crippen LogP contribution in [-0.4, -0.2) is 4.57 Å². The number of nitrogen functional groups attached to an aromatic ring is 1. The van der Waals surface area contributed by atoms with E-state index in [1.54, 1.807) is 47.0 Å². The zero-order valence-electron chi connectivity index (χ0n) is 34.7. The van der Waals surface area contributed by atoms with E-state index in [1.807, 2.05) is 0 Å². The van der Waals surface area contributed by atoms with Crippen molar-refractivity contribution < 1.29 is 20.6 Å². The standard InChI is InChI=1S/C36H26N2/c37-29-23-31(26-14-6-2-7-15-26)36(32(24-29)27-16-8-3-9-17-27)38-34-19-11-10-18-30(34)33-22-28(20-21-35(33)38)25-12-4-1-5-13-25/h1-24H,37H2/i1D,2D,3D,4D,5D,6D,7D,8D,9D,12D,13D,14D,15D,16D,17D. The molecule has 0 atom stereocenters. The Labute approximate surface area is 243 Å². The van der Waals surface area contributed by atoms with Gasteiger partial charge in [-0.2, -0.15) is 0 Å². The van der Waals surface area contributed by atoms with E-state index >= 15 is 0 Å². The minimum atomic E-state index is -0.628. The molecule has 0 aliphatic heterocycles. The summed E-state index contributed by atoms with van der Waals surface area (Å²) in [6.07, 6.45) is 0. The lowest BCUT2D eigenvalue weighted by Gasteiger charge is -2.20. The van der Waals surface area contributed by atoms with Crippen LogP contribution >= 0.6 is 0 Å². The van der Waals surface area contributed by atoms with Gasteiger partial charge in [0.15, 0.2) is 0 Å². The van der Waals surface area contributed by atoms with Crippen LogP contribution in [0.4, 0.5) is 5.69 Å². The van der Waals surface area contributed by atoms with E-state index in [-0.39, 0.29) is 39.2 Å². The monoisotopic (exact) mass is 501 g/mol. The Hall–Kier alpha value is -5.08.